The molecule has 0 heterocycles. The van der Waals surface area contributed by atoms with Gasteiger partial charge in [-0.2, -0.15) is 8.78 Å². The molecule has 3 atom stereocenters. The van der Waals surface area contributed by atoms with Crippen molar-refractivity contribution in [2.24, 2.45) is 11.7 Å². The molecule has 0 bridgehead atoms. The maximum Gasteiger partial charge on any atom is 0.387 e. The van der Waals surface area contributed by atoms with Gasteiger partial charge in [-0.15, -0.1) is 12.4 Å². The van der Waals surface area contributed by atoms with E-state index in [0.717, 1.165) is 25.7 Å². The highest BCUT2D eigenvalue weighted by atomic mass is 35.5. The van der Waals surface area contributed by atoms with E-state index in [1.165, 1.54) is 6.07 Å². The molecule has 0 radical (unpaired) electrons. The molecule has 2 rings (SSSR count). The van der Waals surface area contributed by atoms with Crippen molar-refractivity contribution in [2.75, 3.05) is 0 Å². The molecule has 3 N–H and O–H groups in total. The monoisotopic (exact) mass is 362 g/mol. The predicted octanol–water partition coefficient (Wildman–Crippen LogP) is 3.79. The lowest BCUT2D eigenvalue weighted by Gasteiger charge is -2.37. The number of ether oxygens (including phenoxy) is 1. The van der Waals surface area contributed by atoms with Crippen LogP contribution in [-0.4, -0.2) is 18.1 Å². The summed E-state index contributed by atoms with van der Waals surface area (Å²) in [5.74, 6) is -0.314. The molecule has 3 unspecified atom stereocenters. The maximum absolute atomic E-state index is 12.6. The van der Waals surface area contributed by atoms with Crippen LogP contribution in [0.25, 0.3) is 0 Å². The van der Waals surface area contributed by atoms with Crippen LogP contribution in [0.1, 0.15) is 51.1 Å². The van der Waals surface area contributed by atoms with Crippen molar-refractivity contribution in [3.63, 3.8) is 0 Å². The van der Waals surface area contributed by atoms with Crippen LogP contribution in [0.2, 0.25) is 0 Å². The molecular formula is C17H25ClF2N2O2. The SMILES string of the molecule is CC(NC(=O)C1CCCCC1(C)N)c1ccccc1OC(F)F.Cl. The Morgan fingerprint density at radius 3 is 2.67 bits per heavy atom. The van der Waals surface area contributed by atoms with Crippen LogP contribution in [0.3, 0.4) is 0 Å². The second-order valence-corrected chi connectivity index (χ2v) is 6.45. The van der Waals surface area contributed by atoms with Gasteiger partial charge in [-0.05, 0) is 32.8 Å². The van der Waals surface area contributed by atoms with Crippen molar-refractivity contribution < 1.29 is 18.3 Å². The molecule has 1 aliphatic carbocycles. The quantitative estimate of drug-likeness (QED) is 0.837. The Balaban J connectivity index is 0.00000288. The lowest BCUT2D eigenvalue weighted by molar-refractivity contribution is -0.128. The molecular weight excluding hydrogens is 338 g/mol. The standard InChI is InChI=1S/C17H24F2N2O2.ClH/c1-11(12-7-3-4-9-14(12)23-16(18)19)21-15(22)13-8-5-6-10-17(13,2)20;/h3-4,7,9,11,13,16H,5-6,8,10,20H2,1-2H3,(H,21,22);1H. The highest BCUT2D eigenvalue weighted by molar-refractivity contribution is 5.85. The fourth-order valence-corrected chi connectivity index (χ4v) is 3.22. The lowest BCUT2D eigenvalue weighted by atomic mass is 9.74. The summed E-state index contributed by atoms with van der Waals surface area (Å²) >= 11 is 0. The van der Waals surface area contributed by atoms with E-state index >= 15 is 0 Å². The third kappa shape index (κ3) is 5.05. The number of benzene rings is 1. The summed E-state index contributed by atoms with van der Waals surface area (Å²) in [5.41, 5.74) is 6.25. The third-order valence-corrected chi connectivity index (χ3v) is 4.53. The summed E-state index contributed by atoms with van der Waals surface area (Å²) in [6.45, 7) is 0.752. The van der Waals surface area contributed by atoms with Gasteiger partial charge in [0.2, 0.25) is 5.91 Å². The van der Waals surface area contributed by atoms with Crippen LogP contribution in [-0.2, 0) is 4.79 Å². The Bertz CT molecular complexity index is 555. The first kappa shape index (κ1) is 20.6. The summed E-state index contributed by atoms with van der Waals surface area (Å²) in [4.78, 5) is 12.6. The van der Waals surface area contributed by atoms with E-state index in [1.807, 2.05) is 6.92 Å². The summed E-state index contributed by atoms with van der Waals surface area (Å²) in [6.07, 6.45) is 3.56. The first-order chi connectivity index (χ1) is 10.8. The van der Waals surface area contributed by atoms with Crippen LogP contribution in [0.5, 0.6) is 5.75 Å². The zero-order valence-electron chi connectivity index (χ0n) is 13.9. The Hall–Kier alpha value is -1.40. The summed E-state index contributed by atoms with van der Waals surface area (Å²) in [7, 11) is 0. The smallest absolute Gasteiger partial charge is 0.387 e. The molecule has 136 valence electrons. The van der Waals surface area contributed by atoms with E-state index in [0.29, 0.717) is 5.56 Å². The number of halogens is 3. The number of carbonyl (C=O) groups excluding carboxylic acids is 1. The molecule has 0 saturated heterocycles. The molecule has 1 saturated carbocycles. The third-order valence-electron chi connectivity index (χ3n) is 4.53. The number of rotatable bonds is 5. The fourth-order valence-electron chi connectivity index (χ4n) is 3.22. The molecule has 24 heavy (non-hydrogen) atoms. The van der Waals surface area contributed by atoms with Gasteiger partial charge in [0.1, 0.15) is 5.75 Å². The molecule has 0 aromatic heterocycles. The van der Waals surface area contributed by atoms with E-state index in [2.05, 4.69) is 10.1 Å². The minimum absolute atomic E-state index is 0. The van der Waals surface area contributed by atoms with Crippen molar-refractivity contribution in [1.82, 2.24) is 5.32 Å². The van der Waals surface area contributed by atoms with Crippen molar-refractivity contribution in [2.45, 2.75) is 57.7 Å². The Labute approximate surface area is 147 Å². The van der Waals surface area contributed by atoms with E-state index < -0.39 is 18.2 Å². The van der Waals surface area contributed by atoms with Crippen LogP contribution in [0.15, 0.2) is 24.3 Å². The van der Waals surface area contributed by atoms with Crippen molar-refractivity contribution in [3.05, 3.63) is 29.8 Å². The Morgan fingerprint density at radius 1 is 1.38 bits per heavy atom. The molecule has 1 aromatic carbocycles. The topological polar surface area (TPSA) is 64.4 Å². The fraction of sp³-hybridized carbons (Fsp3) is 0.588. The normalized spacial score (nSPS) is 24.8. The lowest BCUT2D eigenvalue weighted by Crippen LogP contribution is -2.53. The van der Waals surface area contributed by atoms with E-state index in [4.69, 9.17) is 5.73 Å². The van der Waals surface area contributed by atoms with Gasteiger partial charge in [0, 0.05) is 11.1 Å². The highest BCUT2D eigenvalue weighted by Gasteiger charge is 2.38. The predicted molar refractivity (Wildman–Crippen MR) is 91.4 cm³/mol. The highest BCUT2D eigenvalue weighted by Crippen LogP contribution is 2.33. The summed E-state index contributed by atoms with van der Waals surface area (Å²) < 4.78 is 29.5. The average molecular weight is 363 g/mol. The second-order valence-electron chi connectivity index (χ2n) is 6.45. The Kier molecular flexibility index (Phi) is 7.42. The van der Waals surface area contributed by atoms with Gasteiger partial charge in [-0.3, -0.25) is 4.79 Å². The molecule has 0 spiro atoms. The van der Waals surface area contributed by atoms with Crippen LogP contribution in [0.4, 0.5) is 8.78 Å². The number of carbonyl (C=O) groups is 1. The zero-order valence-corrected chi connectivity index (χ0v) is 14.7. The van der Waals surface area contributed by atoms with Gasteiger partial charge in [-0.1, -0.05) is 31.0 Å². The van der Waals surface area contributed by atoms with Gasteiger partial charge in [0.15, 0.2) is 0 Å². The minimum atomic E-state index is -2.90. The molecule has 1 aliphatic rings. The van der Waals surface area contributed by atoms with Crippen LogP contribution in [0, 0.1) is 5.92 Å². The van der Waals surface area contributed by atoms with Crippen LogP contribution >= 0.6 is 12.4 Å². The molecule has 1 amide bonds. The van der Waals surface area contributed by atoms with Gasteiger partial charge >= 0.3 is 6.61 Å². The van der Waals surface area contributed by atoms with Gasteiger partial charge < -0.3 is 15.8 Å². The molecule has 4 nitrogen and oxygen atoms in total. The number of nitrogens with two attached hydrogens (primary N) is 1. The van der Waals surface area contributed by atoms with E-state index in [9.17, 15) is 13.6 Å². The van der Waals surface area contributed by atoms with Gasteiger partial charge in [0.05, 0.1) is 12.0 Å². The van der Waals surface area contributed by atoms with Gasteiger partial charge in [0.25, 0.3) is 0 Å². The number of para-hydroxylation sites is 1. The first-order valence-electron chi connectivity index (χ1n) is 7.94. The van der Waals surface area contributed by atoms with Gasteiger partial charge in [-0.25, -0.2) is 0 Å². The van der Waals surface area contributed by atoms with Crippen molar-refractivity contribution in [1.29, 1.82) is 0 Å². The van der Waals surface area contributed by atoms with Crippen LogP contribution < -0.4 is 15.8 Å². The number of alkyl halides is 2. The largest absolute Gasteiger partial charge is 0.434 e. The first-order valence-corrected chi connectivity index (χ1v) is 7.94. The molecule has 0 aliphatic heterocycles. The number of amides is 1. The zero-order chi connectivity index (χ0) is 17.0. The number of hydrogen-bond donors (Lipinski definition) is 2. The summed E-state index contributed by atoms with van der Waals surface area (Å²) in [6, 6.07) is 6.05. The average Bonchev–Trinajstić information content (AvgIpc) is 2.46. The summed E-state index contributed by atoms with van der Waals surface area (Å²) in [5, 5.41) is 2.89. The molecule has 1 aromatic rings. The maximum atomic E-state index is 12.6. The molecule has 1 fully saturated rings. The minimum Gasteiger partial charge on any atom is -0.434 e. The number of hydrogen-bond acceptors (Lipinski definition) is 3. The Morgan fingerprint density at radius 2 is 2.04 bits per heavy atom. The van der Waals surface area contributed by atoms with Crippen molar-refractivity contribution in [3.8, 4) is 5.75 Å². The van der Waals surface area contributed by atoms with E-state index in [-0.39, 0.29) is 30.0 Å². The van der Waals surface area contributed by atoms with Crippen molar-refractivity contribution >= 4 is 18.3 Å². The van der Waals surface area contributed by atoms with E-state index in [1.54, 1.807) is 25.1 Å². The molecule has 7 heteroatoms. The second kappa shape index (κ2) is 8.62. The number of nitrogens with one attached hydrogen (secondary N) is 1.